The summed E-state index contributed by atoms with van der Waals surface area (Å²) in [6.45, 7) is 4.49. The number of hydrogen-bond donors (Lipinski definition) is 1. The minimum atomic E-state index is -4.65. The highest BCUT2D eigenvalue weighted by atomic mass is 35.5. The lowest BCUT2D eigenvalue weighted by Gasteiger charge is -2.41. The molecule has 0 spiro atoms. The summed E-state index contributed by atoms with van der Waals surface area (Å²) >= 11 is 7.69. The SMILES string of the molecule is CSc1ccc(N(C(=O)c2cc(-c3ccccc3C(=O)N3Cc4cccc(Cl)c4C[C@H]3CN3CCOCC3)n3c2CCCC3)c2ccc(O)cc2)cc1C(F)(F)F.Cl. The number of morpholine rings is 1. The molecule has 58 heavy (non-hydrogen) atoms. The smallest absolute Gasteiger partial charge is 0.417 e. The lowest BCUT2D eigenvalue weighted by molar-refractivity contribution is -0.139. The van der Waals surface area contributed by atoms with Gasteiger partial charge in [0.15, 0.2) is 0 Å². The number of alkyl halides is 3. The zero-order valence-electron chi connectivity index (χ0n) is 31.8. The average Bonchev–Trinajstić information content (AvgIpc) is 3.61. The van der Waals surface area contributed by atoms with Crippen LogP contribution in [0.15, 0.2) is 95.9 Å². The van der Waals surface area contributed by atoms with E-state index in [0.29, 0.717) is 78.8 Å². The number of rotatable bonds is 8. The van der Waals surface area contributed by atoms with Gasteiger partial charge < -0.3 is 19.3 Å². The summed E-state index contributed by atoms with van der Waals surface area (Å²) in [5.74, 6) is -0.688. The van der Waals surface area contributed by atoms with Crippen molar-refractivity contribution in [1.82, 2.24) is 14.4 Å². The van der Waals surface area contributed by atoms with Crippen molar-refractivity contribution in [2.75, 3.05) is 44.0 Å². The summed E-state index contributed by atoms with van der Waals surface area (Å²) in [4.78, 5) is 35.5. The molecule has 0 saturated carbocycles. The molecule has 1 saturated heterocycles. The fraction of sp³-hybridized carbons (Fsp3) is 0.318. The van der Waals surface area contributed by atoms with Crippen LogP contribution in [0.4, 0.5) is 24.5 Å². The van der Waals surface area contributed by atoms with Gasteiger partial charge >= 0.3 is 6.18 Å². The first-order chi connectivity index (χ1) is 27.5. The van der Waals surface area contributed by atoms with Crippen LogP contribution in [0.25, 0.3) is 11.3 Å². The molecular formula is C44H43Cl2F3N4O4S. The number of anilines is 2. The Labute approximate surface area is 350 Å². The second-order valence-corrected chi connectivity index (χ2v) is 15.9. The number of hydrogen-bond acceptors (Lipinski definition) is 6. The van der Waals surface area contributed by atoms with Gasteiger partial charge in [0.25, 0.3) is 11.8 Å². The Morgan fingerprint density at radius 1 is 0.914 bits per heavy atom. The summed E-state index contributed by atoms with van der Waals surface area (Å²) in [7, 11) is 0. The van der Waals surface area contributed by atoms with Crippen molar-refractivity contribution in [3.8, 4) is 17.0 Å². The highest BCUT2D eigenvalue weighted by molar-refractivity contribution is 7.98. The third-order valence-corrected chi connectivity index (χ3v) is 12.4. The highest BCUT2D eigenvalue weighted by Crippen LogP contribution is 2.42. The van der Waals surface area contributed by atoms with Crippen molar-refractivity contribution in [1.29, 1.82) is 0 Å². The molecule has 5 aromatic rings. The van der Waals surface area contributed by atoms with E-state index in [1.165, 1.54) is 41.3 Å². The fourth-order valence-electron chi connectivity index (χ4n) is 8.42. The van der Waals surface area contributed by atoms with E-state index in [1.54, 1.807) is 12.3 Å². The second-order valence-electron chi connectivity index (χ2n) is 14.7. The minimum absolute atomic E-state index is 0. The van der Waals surface area contributed by atoms with Crippen LogP contribution in [0.5, 0.6) is 5.75 Å². The molecule has 3 aliphatic rings. The van der Waals surface area contributed by atoms with E-state index in [4.69, 9.17) is 16.3 Å². The van der Waals surface area contributed by atoms with Crippen molar-refractivity contribution in [2.45, 2.75) is 55.9 Å². The first-order valence-corrected chi connectivity index (χ1v) is 20.7. The summed E-state index contributed by atoms with van der Waals surface area (Å²) < 4.78 is 50.7. The van der Waals surface area contributed by atoms with Crippen LogP contribution in [-0.2, 0) is 36.8 Å². The maximum atomic E-state index is 15.0. The Kier molecular flexibility index (Phi) is 12.5. The van der Waals surface area contributed by atoms with Crippen molar-refractivity contribution in [3.63, 3.8) is 0 Å². The number of ether oxygens (including phenoxy) is 1. The zero-order chi connectivity index (χ0) is 39.8. The Balaban J connectivity index is 0.00000512. The number of carbonyl (C=O) groups excluding carboxylic acids is 2. The van der Waals surface area contributed by atoms with Gasteiger partial charge in [-0.1, -0.05) is 41.9 Å². The van der Waals surface area contributed by atoms with Gasteiger partial charge in [0.2, 0.25) is 0 Å². The normalized spacial score (nSPS) is 16.9. The average molecular weight is 852 g/mol. The molecule has 2 amide bonds. The summed E-state index contributed by atoms with van der Waals surface area (Å²) in [6, 6.07) is 24.6. The van der Waals surface area contributed by atoms with E-state index in [9.17, 15) is 27.9 Å². The van der Waals surface area contributed by atoms with Crippen molar-refractivity contribution >= 4 is 59.0 Å². The van der Waals surface area contributed by atoms with Crippen LogP contribution in [0.1, 0.15) is 55.9 Å². The lowest BCUT2D eigenvalue weighted by Crippen LogP contribution is -2.52. The molecule has 4 heterocycles. The largest absolute Gasteiger partial charge is 0.508 e. The third kappa shape index (κ3) is 8.22. The van der Waals surface area contributed by atoms with Crippen LogP contribution in [-0.4, -0.2) is 76.4 Å². The van der Waals surface area contributed by atoms with E-state index >= 15 is 0 Å². The van der Waals surface area contributed by atoms with Crippen LogP contribution in [0, 0.1) is 0 Å². The molecule has 3 aliphatic heterocycles. The molecule has 1 atom stereocenters. The predicted molar refractivity (Wildman–Crippen MR) is 224 cm³/mol. The van der Waals surface area contributed by atoms with Gasteiger partial charge in [0, 0.05) is 82.6 Å². The number of nitrogens with zero attached hydrogens (tertiary/aromatic N) is 4. The minimum Gasteiger partial charge on any atom is -0.508 e. The van der Waals surface area contributed by atoms with Crippen LogP contribution in [0.3, 0.4) is 0 Å². The number of phenols is 1. The highest BCUT2D eigenvalue weighted by Gasteiger charge is 2.37. The molecule has 1 fully saturated rings. The number of aromatic nitrogens is 1. The number of carbonyl (C=O) groups is 2. The number of halogens is 5. The lowest BCUT2D eigenvalue weighted by atomic mass is 9.92. The number of benzene rings is 4. The van der Waals surface area contributed by atoms with Crippen LogP contribution >= 0.6 is 35.8 Å². The Morgan fingerprint density at radius 3 is 2.40 bits per heavy atom. The number of amides is 2. The van der Waals surface area contributed by atoms with Gasteiger partial charge in [-0.25, -0.2) is 0 Å². The summed E-state index contributed by atoms with van der Waals surface area (Å²) in [6.07, 6.45) is -0.208. The van der Waals surface area contributed by atoms with Crippen molar-refractivity contribution in [2.24, 2.45) is 0 Å². The monoisotopic (exact) mass is 850 g/mol. The third-order valence-electron chi connectivity index (χ3n) is 11.2. The van der Waals surface area contributed by atoms with Gasteiger partial charge in [0.1, 0.15) is 5.75 Å². The molecule has 0 unspecified atom stereocenters. The first-order valence-electron chi connectivity index (χ1n) is 19.1. The number of aromatic hydroxyl groups is 1. The van der Waals surface area contributed by atoms with Crippen molar-refractivity contribution in [3.05, 3.63) is 130 Å². The topological polar surface area (TPSA) is 78.2 Å². The predicted octanol–water partition coefficient (Wildman–Crippen LogP) is 9.89. The fourth-order valence-corrected chi connectivity index (χ4v) is 9.29. The van der Waals surface area contributed by atoms with E-state index in [-0.39, 0.29) is 40.7 Å². The summed E-state index contributed by atoms with van der Waals surface area (Å²) in [5, 5.41) is 10.8. The molecule has 4 aromatic carbocycles. The molecule has 1 N–H and O–H groups in total. The van der Waals surface area contributed by atoms with Gasteiger partial charge in [-0.05, 0) is 104 Å². The van der Waals surface area contributed by atoms with E-state index in [0.717, 1.165) is 60.6 Å². The van der Waals surface area contributed by atoms with Crippen LogP contribution < -0.4 is 4.90 Å². The molecular weight excluding hydrogens is 808 g/mol. The van der Waals surface area contributed by atoms with E-state index in [2.05, 4.69) is 9.47 Å². The van der Waals surface area contributed by atoms with Crippen LogP contribution in [0.2, 0.25) is 5.02 Å². The molecule has 8 rings (SSSR count). The molecule has 14 heteroatoms. The molecule has 0 bridgehead atoms. The molecule has 1 aromatic heterocycles. The maximum absolute atomic E-state index is 15.0. The van der Waals surface area contributed by atoms with Gasteiger partial charge in [0.05, 0.1) is 24.3 Å². The second kappa shape index (κ2) is 17.4. The standard InChI is InChI=1S/C44H42ClF3N4O4S.ClH/c1-57-41-17-14-30(24-37(41)44(46,47)48)52(29-12-15-32(53)16-13-29)43(55)36-25-40(50-18-5-4-11-39(36)50)33-8-2-3-9-34(33)42(54)51-26-28-7-6-10-38(45)35(28)23-31(51)27-49-19-21-56-22-20-49;/h2-3,6-10,12-17,24-25,31,53H,4-5,11,18-23,26-27H2,1H3;1H/t31-;/m0./s1. The first kappa shape index (κ1) is 41.7. The molecule has 304 valence electrons. The molecule has 8 nitrogen and oxygen atoms in total. The number of fused-ring (bicyclic) bond motifs is 2. The quantitative estimate of drug-likeness (QED) is 0.157. The Hall–Kier alpha value is -4.46. The number of thioether (sulfide) groups is 1. The van der Waals surface area contributed by atoms with Gasteiger partial charge in [-0.2, -0.15) is 13.2 Å². The van der Waals surface area contributed by atoms with E-state index in [1.807, 2.05) is 47.4 Å². The maximum Gasteiger partial charge on any atom is 0.417 e. The van der Waals surface area contributed by atoms with E-state index < -0.39 is 17.6 Å². The zero-order valence-corrected chi connectivity index (χ0v) is 34.2. The summed E-state index contributed by atoms with van der Waals surface area (Å²) in [5.41, 5.74) is 4.53. The Bertz CT molecular complexity index is 2310. The van der Waals surface area contributed by atoms with Gasteiger partial charge in [-0.3, -0.25) is 19.4 Å². The van der Waals surface area contributed by atoms with Gasteiger partial charge in [-0.15, -0.1) is 24.2 Å². The number of phenolic OH excluding ortho intramolecular Hbond substituents is 1. The van der Waals surface area contributed by atoms with Crippen molar-refractivity contribution < 1.29 is 32.6 Å². The molecule has 0 aliphatic carbocycles. The Morgan fingerprint density at radius 2 is 1.66 bits per heavy atom. The molecule has 0 radical (unpaired) electrons.